The number of nitrogen functional groups attached to an aromatic ring is 1. The highest BCUT2D eigenvalue weighted by Gasteiger charge is 2.16. The van der Waals surface area contributed by atoms with E-state index in [-0.39, 0.29) is 11.9 Å². The number of aryl methyl sites for hydroxylation is 1. The molecule has 0 spiro atoms. The van der Waals surface area contributed by atoms with E-state index in [9.17, 15) is 4.39 Å². The Morgan fingerprint density at radius 2 is 1.85 bits per heavy atom. The monoisotopic (exact) mass is 269 g/mol. The van der Waals surface area contributed by atoms with Gasteiger partial charge in [-0.25, -0.2) is 9.37 Å². The zero-order valence-corrected chi connectivity index (χ0v) is 11.5. The predicted molar refractivity (Wildman–Crippen MR) is 79.1 cm³/mol. The van der Waals surface area contributed by atoms with Gasteiger partial charge in [-0.1, -0.05) is 24.3 Å². The molecule has 0 saturated carbocycles. The van der Waals surface area contributed by atoms with E-state index in [0.717, 1.165) is 22.2 Å². The molecule has 1 unspecified atom stereocenters. The van der Waals surface area contributed by atoms with Gasteiger partial charge < -0.3 is 10.3 Å². The van der Waals surface area contributed by atoms with Crippen molar-refractivity contribution >= 4 is 17.0 Å². The minimum Gasteiger partial charge on any atom is -0.369 e. The van der Waals surface area contributed by atoms with Crippen LogP contribution in [0.4, 0.5) is 10.3 Å². The number of fused-ring (bicyclic) bond motifs is 1. The maximum Gasteiger partial charge on any atom is 0.201 e. The summed E-state index contributed by atoms with van der Waals surface area (Å²) in [6, 6.07) is 12.5. The van der Waals surface area contributed by atoms with Gasteiger partial charge in [0, 0.05) is 0 Å². The lowest BCUT2D eigenvalue weighted by Crippen LogP contribution is -2.10. The number of hydrogen-bond donors (Lipinski definition) is 1. The number of benzene rings is 2. The van der Waals surface area contributed by atoms with E-state index in [1.807, 2.05) is 36.6 Å². The molecule has 0 aliphatic heterocycles. The normalized spacial score (nSPS) is 12.8. The van der Waals surface area contributed by atoms with Gasteiger partial charge in [-0.15, -0.1) is 0 Å². The summed E-state index contributed by atoms with van der Waals surface area (Å²) in [6.45, 7) is 4.05. The Hall–Kier alpha value is -2.36. The summed E-state index contributed by atoms with van der Waals surface area (Å²) in [5, 5.41) is 0. The van der Waals surface area contributed by atoms with Gasteiger partial charge in [0.05, 0.1) is 17.1 Å². The average Bonchev–Trinajstić information content (AvgIpc) is 2.77. The Kier molecular flexibility index (Phi) is 2.93. The number of nitrogens with zero attached hydrogens (tertiary/aromatic N) is 2. The number of hydrogen-bond acceptors (Lipinski definition) is 2. The highest BCUT2D eigenvalue weighted by atomic mass is 19.1. The second-order valence-corrected chi connectivity index (χ2v) is 5.01. The standard InChI is InChI=1S/C16H16FN3/c1-10-4-3-5-14-15(10)19-16(18)20(14)11(2)12-6-8-13(17)9-7-12/h3-9,11H,1-2H3,(H2,18,19). The summed E-state index contributed by atoms with van der Waals surface area (Å²) in [5.74, 6) is 0.242. The van der Waals surface area contributed by atoms with E-state index in [4.69, 9.17) is 5.73 Å². The lowest BCUT2D eigenvalue weighted by molar-refractivity contribution is 0.621. The van der Waals surface area contributed by atoms with Crippen molar-refractivity contribution in [3.63, 3.8) is 0 Å². The molecule has 3 rings (SSSR count). The fourth-order valence-electron chi connectivity index (χ4n) is 2.57. The zero-order valence-electron chi connectivity index (χ0n) is 11.5. The van der Waals surface area contributed by atoms with Crippen molar-refractivity contribution in [1.29, 1.82) is 0 Å². The predicted octanol–water partition coefficient (Wildman–Crippen LogP) is 3.68. The van der Waals surface area contributed by atoms with Crippen molar-refractivity contribution in [2.24, 2.45) is 0 Å². The zero-order chi connectivity index (χ0) is 14.3. The minimum atomic E-state index is -0.236. The SMILES string of the molecule is Cc1cccc2c1nc(N)n2C(C)c1ccc(F)cc1. The quantitative estimate of drug-likeness (QED) is 0.771. The van der Waals surface area contributed by atoms with Crippen LogP contribution in [0.2, 0.25) is 0 Å². The van der Waals surface area contributed by atoms with Crippen LogP contribution in [0.3, 0.4) is 0 Å². The Bertz CT molecular complexity index is 759. The van der Waals surface area contributed by atoms with Crippen molar-refractivity contribution in [2.75, 3.05) is 5.73 Å². The summed E-state index contributed by atoms with van der Waals surface area (Å²) in [4.78, 5) is 4.44. The lowest BCUT2D eigenvalue weighted by atomic mass is 10.1. The second-order valence-electron chi connectivity index (χ2n) is 5.01. The lowest BCUT2D eigenvalue weighted by Gasteiger charge is -2.16. The van der Waals surface area contributed by atoms with Crippen molar-refractivity contribution in [1.82, 2.24) is 9.55 Å². The fraction of sp³-hybridized carbons (Fsp3) is 0.188. The van der Waals surface area contributed by atoms with E-state index in [1.54, 1.807) is 12.1 Å². The average molecular weight is 269 g/mol. The summed E-state index contributed by atoms with van der Waals surface area (Å²) in [7, 11) is 0. The summed E-state index contributed by atoms with van der Waals surface area (Å²) < 4.78 is 15.0. The topological polar surface area (TPSA) is 43.8 Å². The Morgan fingerprint density at radius 3 is 2.55 bits per heavy atom. The maximum atomic E-state index is 13.0. The van der Waals surface area contributed by atoms with Crippen molar-refractivity contribution in [2.45, 2.75) is 19.9 Å². The third kappa shape index (κ3) is 1.93. The molecule has 0 saturated heterocycles. The van der Waals surface area contributed by atoms with Gasteiger partial charge >= 0.3 is 0 Å². The third-order valence-electron chi connectivity index (χ3n) is 3.69. The fourth-order valence-corrected chi connectivity index (χ4v) is 2.57. The van der Waals surface area contributed by atoms with E-state index in [1.165, 1.54) is 12.1 Å². The molecule has 0 aliphatic carbocycles. The number of halogens is 1. The molecule has 20 heavy (non-hydrogen) atoms. The first kappa shape index (κ1) is 12.7. The largest absolute Gasteiger partial charge is 0.369 e. The molecule has 1 heterocycles. The minimum absolute atomic E-state index is 0.00222. The first-order chi connectivity index (χ1) is 9.58. The first-order valence-electron chi connectivity index (χ1n) is 6.56. The van der Waals surface area contributed by atoms with Gasteiger partial charge in [0.2, 0.25) is 5.95 Å². The van der Waals surface area contributed by atoms with Crippen LogP contribution in [0.25, 0.3) is 11.0 Å². The van der Waals surface area contributed by atoms with E-state index in [2.05, 4.69) is 4.98 Å². The van der Waals surface area contributed by atoms with Crippen molar-refractivity contribution in [3.8, 4) is 0 Å². The Balaban J connectivity index is 2.16. The van der Waals surface area contributed by atoms with Crippen LogP contribution in [-0.4, -0.2) is 9.55 Å². The molecule has 3 nitrogen and oxygen atoms in total. The molecule has 0 bridgehead atoms. The summed E-state index contributed by atoms with van der Waals surface area (Å²) >= 11 is 0. The molecule has 4 heteroatoms. The van der Waals surface area contributed by atoms with Crippen LogP contribution in [-0.2, 0) is 0 Å². The Morgan fingerprint density at radius 1 is 1.15 bits per heavy atom. The highest BCUT2D eigenvalue weighted by Crippen LogP contribution is 2.28. The van der Waals surface area contributed by atoms with Crippen LogP contribution < -0.4 is 5.73 Å². The number of rotatable bonds is 2. The number of imidazole rings is 1. The number of aromatic nitrogens is 2. The van der Waals surface area contributed by atoms with Crippen LogP contribution in [0, 0.1) is 12.7 Å². The molecule has 0 radical (unpaired) electrons. The molecular weight excluding hydrogens is 253 g/mol. The molecule has 0 amide bonds. The number of nitrogens with two attached hydrogens (primary N) is 1. The van der Waals surface area contributed by atoms with Gasteiger partial charge in [0.15, 0.2) is 0 Å². The molecule has 0 aliphatic rings. The van der Waals surface area contributed by atoms with Crippen LogP contribution in [0.15, 0.2) is 42.5 Å². The molecule has 1 aromatic heterocycles. The van der Waals surface area contributed by atoms with Crippen LogP contribution >= 0.6 is 0 Å². The van der Waals surface area contributed by atoms with Gasteiger partial charge in [-0.2, -0.15) is 0 Å². The van der Waals surface area contributed by atoms with Gasteiger partial charge in [0.1, 0.15) is 5.82 Å². The molecule has 0 fully saturated rings. The van der Waals surface area contributed by atoms with Crippen LogP contribution in [0.5, 0.6) is 0 Å². The third-order valence-corrected chi connectivity index (χ3v) is 3.69. The molecule has 3 aromatic rings. The maximum absolute atomic E-state index is 13.0. The van der Waals surface area contributed by atoms with E-state index < -0.39 is 0 Å². The Labute approximate surface area is 116 Å². The molecule has 2 aromatic carbocycles. The van der Waals surface area contributed by atoms with Gasteiger partial charge in [-0.05, 0) is 43.2 Å². The van der Waals surface area contributed by atoms with Gasteiger partial charge in [-0.3, -0.25) is 0 Å². The summed E-state index contributed by atoms with van der Waals surface area (Å²) in [5.41, 5.74) is 10.1. The van der Waals surface area contributed by atoms with Crippen LogP contribution in [0.1, 0.15) is 24.1 Å². The summed E-state index contributed by atoms with van der Waals surface area (Å²) in [6.07, 6.45) is 0. The van der Waals surface area contributed by atoms with E-state index in [0.29, 0.717) is 5.95 Å². The number of anilines is 1. The molecule has 102 valence electrons. The highest BCUT2D eigenvalue weighted by molar-refractivity contribution is 5.81. The second kappa shape index (κ2) is 4.63. The van der Waals surface area contributed by atoms with Crippen molar-refractivity contribution < 1.29 is 4.39 Å². The van der Waals surface area contributed by atoms with E-state index >= 15 is 0 Å². The first-order valence-corrected chi connectivity index (χ1v) is 6.56. The molecule has 2 N–H and O–H groups in total. The van der Waals surface area contributed by atoms with Crippen molar-refractivity contribution in [3.05, 3.63) is 59.4 Å². The van der Waals surface area contributed by atoms with Gasteiger partial charge in [0.25, 0.3) is 0 Å². The molecule has 1 atom stereocenters. The molecular formula is C16H16FN3. The smallest absolute Gasteiger partial charge is 0.201 e. The number of para-hydroxylation sites is 1.